The zero-order valence-electron chi connectivity index (χ0n) is 27.6. The van der Waals surface area contributed by atoms with Crippen LogP contribution in [0.1, 0.15) is 124 Å². The van der Waals surface area contributed by atoms with Crippen LogP contribution in [0.3, 0.4) is 0 Å². The van der Waals surface area contributed by atoms with Crippen molar-refractivity contribution in [3.8, 4) is 0 Å². The Labute approximate surface area is 258 Å². The minimum Gasteiger partial charge on any atom is -0.378 e. The standard InChI is InChI=1S/C37H60O4S/c1-26(2)9-7-10-28(4)33-17-18-34-32-16-13-29-25-30(19-21-36(29,5)35(32)20-22-37(33,34)6)40-23-8-24-41-42(38,39)31-14-11-27(3)12-15-31/h11-12,14-15,26,28-30,32-35H,7-10,13,16-25H2,1-6H3/t28-,29+,30?,32+,33-,34+,35+,36+,37-/m1/s1. The highest BCUT2D eigenvalue weighted by Gasteiger charge is 2.60. The van der Waals surface area contributed by atoms with Gasteiger partial charge < -0.3 is 4.74 Å². The number of hydrogen-bond donors (Lipinski definition) is 0. The highest BCUT2D eigenvalue weighted by molar-refractivity contribution is 7.86. The first-order chi connectivity index (χ1) is 19.9. The van der Waals surface area contributed by atoms with Crippen LogP contribution in [0.25, 0.3) is 0 Å². The van der Waals surface area contributed by atoms with E-state index in [0.29, 0.717) is 30.0 Å². The third-order valence-corrected chi connectivity index (χ3v) is 14.3. The van der Waals surface area contributed by atoms with Crippen LogP contribution >= 0.6 is 0 Å². The van der Waals surface area contributed by atoms with Gasteiger partial charge in [0.15, 0.2) is 0 Å². The predicted molar refractivity (Wildman–Crippen MR) is 172 cm³/mol. The van der Waals surface area contributed by atoms with Gasteiger partial charge in [-0.15, -0.1) is 0 Å². The van der Waals surface area contributed by atoms with Crippen molar-refractivity contribution >= 4 is 10.1 Å². The minimum absolute atomic E-state index is 0.172. The van der Waals surface area contributed by atoms with Gasteiger partial charge in [0, 0.05) is 6.61 Å². The van der Waals surface area contributed by atoms with Gasteiger partial charge in [0.05, 0.1) is 17.6 Å². The molecule has 4 aliphatic carbocycles. The number of aryl methyl sites for hydroxylation is 1. The molecule has 5 heteroatoms. The molecule has 42 heavy (non-hydrogen) atoms. The van der Waals surface area contributed by atoms with Gasteiger partial charge in [0.2, 0.25) is 0 Å². The molecule has 0 bridgehead atoms. The second-order valence-electron chi connectivity index (χ2n) is 15.9. The zero-order valence-corrected chi connectivity index (χ0v) is 28.4. The van der Waals surface area contributed by atoms with Crippen molar-refractivity contribution in [2.75, 3.05) is 13.2 Å². The van der Waals surface area contributed by atoms with Crippen molar-refractivity contribution in [3.63, 3.8) is 0 Å². The third-order valence-electron chi connectivity index (χ3n) is 13.0. The van der Waals surface area contributed by atoms with Gasteiger partial charge in [0.25, 0.3) is 10.1 Å². The van der Waals surface area contributed by atoms with Crippen LogP contribution in [-0.2, 0) is 19.0 Å². The summed E-state index contributed by atoms with van der Waals surface area (Å²) in [5.41, 5.74) is 2.07. The Morgan fingerprint density at radius 2 is 1.55 bits per heavy atom. The van der Waals surface area contributed by atoms with Crippen molar-refractivity contribution in [1.82, 2.24) is 0 Å². The van der Waals surface area contributed by atoms with Gasteiger partial charge in [-0.25, -0.2) is 0 Å². The molecule has 0 heterocycles. The highest BCUT2D eigenvalue weighted by atomic mass is 32.2. The molecular formula is C37H60O4S. The molecule has 0 radical (unpaired) electrons. The first-order valence-corrected chi connectivity index (χ1v) is 18.9. The minimum atomic E-state index is -3.70. The molecule has 0 saturated heterocycles. The molecule has 4 nitrogen and oxygen atoms in total. The third kappa shape index (κ3) is 6.69. The van der Waals surface area contributed by atoms with Gasteiger partial charge in [-0.05, 0) is 136 Å². The Hall–Kier alpha value is -0.910. The summed E-state index contributed by atoms with van der Waals surface area (Å²) in [6, 6.07) is 6.83. The summed E-state index contributed by atoms with van der Waals surface area (Å²) in [5.74, 6) is 6.18. The summed E-state index contributed by atoms with van der Waals surface area (Å²) < 4.78 is 36.6. The number of hydrogen-bond acceptors (Lipinski definition) is 4. The molecule has 1 aromatic carbocycles. The fourth-order valence-electron chi connectivity index (χ4n) is 10.6. The molecule has 238 valence electrons. The van der Waals surface area contributed by atoms with Gasteiger partial charge in [-0.1, -0.05) is 71.6 Å². The van der Waals surface area contributed by atoms with Crippen LogP contribution in [-0.4, -0.2) is 27.7 Å². The Morgan fingerprint density at radius 1 is 0.833 bits per heavy atom. The van der Waals surface area contributed by atoms with Crippen molar-refractivity contribution in [1.29, 1.82) is 0 Å². The van der Waals surface area contributed by atoms with Crippen molar-refractivity contribution in [2.45, 2.75) is 136 Å². The lowest BCUT2D eigenvalue weighted by Crippen LogP contribution is -2.54. The van der Waals surface area contributed by atoms with Crippen LogP contribution in [0.2, 0.25) is 0 Å². The molecule has 5 rings (SSSR count). The van der Waals surface area contributed by atoms with E-state index in [1.165, 1.54) is 70.6 Å². The lowest BCUT2D eigenvalue weighted by molar-refractivity contribution is -0.137. The molecular weight excluding hydrogens is 540 g/mol. The van der Waals surface area contributed by atoms with E-state index < -0.39 is 10.1 Å². The highest BCUT2D eigenvalue weighted by Crippen LogP contribution is 2.68. The maximum Gasteiger partial charge on any atom is 0.296 e. The Morgan fingerprint density at radius 3 is 2.29 bits per heavy atom. The number of benzene rings is 1. The normalized spacial score (nSPS) is 37.2. The van der Waals surface area contributed by atoms with E-state index in [4.69, 9.17) is 8.92 Å². The summed E-state index contributed by atoms with van der Waals surface area (Å²) in [6.45, 7) is 15.4. The maximum atomic E-state index is 12.5. The zero-order chi connectivity index (χ0) is 30.1. The Balaban J connectivity index is 1.09. The van der Waals surface area contributed by atoms with Crippen LogP contribution in [0.15, 0.2) is 29.2 Å². The molecule has 0 spiro atoms. The molecule has 0 amide bonds. The van der Waals surface area contributed by atoms with Gasteiger partial charge in [0.1, 0.15) is 0 Å². The predicted octanol–water partition coefficient (Wildman–Crippen LogP) is 9.60. The number of rotatable bonds is 12. The lowest BCUT2D eigenvalue weighted by atomic mass is 9.44. The van der Waals surface area contributed by atoms with E-state index in [0.717, 1.165) is 53.4 Å². The molecule has 9 atom stereocenters. The molecule has 4 aliphatic rings. The van der Waals surface area contributed by atoms with Crippen molar-refractivity contribution in [2.24, 2.45) is 52.3 Å². The summed E-state index contributed by atoms with van der Waals surface area (Å²) in [5, 5.41) is 0. The summed E-state index contributed by atoms with van der Waals surface area (Å²) in [7, 11) is -3.70. The molecule has 1 unspecified atom stereocenters. The molecule has 4 fully saturated rings. The van der Waals surface area contributed by atoms with Gasteiger partial charge in [-0.3, -0.25) is 4.18 Å². The SMILES string of the molecule is Cc1ccc(S(=O)(=O)OCCCOC2CC[C@@]3(C)[C@@H](CC[C@@H]4[C@@H]3CC[C@]3(C)[C@@H]([C@H](C)CCCC(C)C)CC[C@@H]43)C2)cc1. The maximum absolute atomic E-state index is 12.5. The molecule has 0 aliphatic heterocycles. The van der Waals surface area contributed by atoms with E-state index in [1.807, 2.05) is 6.92 Å². The summed E-state index contributed by atoms with van der Waals surface area (Å²) in [4.78, 5) is 0.225. The van der Waals surface area contributed by atoms with E-state index in [1.54, 1.807) is 24.3 Å². The van der Waals surface area contributed by atoms with Crippen LogP contribution in [0.4, 0.5) is 0 Å². The second-order valence-corrected chi connectivity index (χ2v) is 17.5. The van der Waals surface area contributed by atoms with Crippen LogP contribution in [0.5, 0.6) is 0 Å². The van der Waals surface area contributed by atoms with Crippen molar-refractivity contribution < 1.29 is 17.3 Å². The van der Waals surface area contributed by atoms with Crippen LogP contribution < -0.4 is 0 Å². The smallest absolute Gasteiger partial charge is 0.296 e. The molecule has 0 aromatic heterocycles. The largest absolute Gasteiger partial charge is 0.378 e. The Kier molecular flexibility index (Phi) is 10.2. The number of ether oxygens (including phenoxy) is 1. The van der Waals surface area contributed by atoms with Gasteiger partial charge in [-0.2, -0.15) is 8.42 Å². The summed E-state index contributed by atoms with van der Waals surface area (Å²) >= 11 is 0. The topological polar surface area (TPSA) is 52.6 Å². The van der Waals surface area contributed by atoms with Gasteiger partial charge >= 0.3 is 0 Å². The average Bonchev–Trinajstić information content (AvgIpc) is 3.30. The first kappa shape index (κ1) is 32.5. The molecule has 1 aromatic rings. The van der Waals surface area contributed by atoms with E-state index in [2.05, 4.69) is 34.6 Å². The Bertz CT molecular complexity index is 1130. The lowest BCUT2D eigenvalue weighted by Gasteiger charge is -2.61. The fraction of sp³-hybridized carbons (Fsp3) is 0.838. The second kappa shape index (κ2) is 13.2. The summed E-state index contributed by atoms with van der Waals surface area (Å²) in [6.07, 6.45) is 17.4. The number of fused-ring (bicyclic) bond motifs is 5. The van der Waals surface area contributed by atoms with E-state index in [-0.39, 0.29) is 11.5 Å². The van der Waals surface area contributed by atoms with E-state index in [9.17, 15) is 8.42 Å². The molecule has 4 saturated carbocycles. The first-order valence-electron chi connectivity index (χ1n) is 17.5. The molecule has 0 N–H and O–H groups in total. The van der Waals surface area contributed by atoms with E-state index >= 15 is 0 Å². The fourth-order valence-corrected chi connectivity index (χ4v) is 11.6. The average molecular weight is 601 g/mol. The quantitative estimate of drug-likeness (QED) is 0.177. The van der Waals surface area contributed by atoms with Crippen LogP contribution in [0, 0.1) is 59.2 Å². The van der Waals surface area contributed by atoms with Crippen molar-refractivity contribution in [3.05, 3.63) is 29.8 Å². The monoisotopic (exact) mass is 600 g/mol.